The maximum atomic E-state index is 11.9. The van der Waals surface area contributed by atoms with Gasteiger partial charge < -0.3 is 14.3 Å². The summed E-state index contributed by atoms with van der Waals surface area (Å²) in [5.74, 6) is -0.528. The van der Waals surface area contributed by atoms with E-state index < -0.39 is 17.4 Å². The molecule has 1 atom stereocenters. The van der Waals surface area contributed by atoms with E-state index in [1.54, 1.807) is 0 Å². The lowest BCUT2D eigenvalue weighted by Gasteiger charge is -2.21. The summed E-state index contributed by atoms with van der Waals surface area (Å²) in [5.41, 5.74) is -1.29. The van der Waals surface area contributed by atoms with Crippen molar-refractivity contribution >= 4 is 18.2 Å². The van der Waals surface area contributed by atoms with Crippen molar-refractivity contribution in [2.24, 2.45) is 17.3 Å². The maximum absolute atomic E-state index is 11.9. The minimum absolute atomic E-state index is 0.0265. The summed E-state index contributed by atoms with van der Waals surface area (Å²) in [5, 5.41) is 0. The van der Waals surface area contributed by atoms with Gasteiger partial charge in [-0.3, -0.25) is 9.59 Å². The molecule has 0 heterocycles. The molecule has 0 spiro atoms. The molecule has 0 amide bonds. The van der Waals surface area contributed by atoms with Gasteiger partial charge in [0.15, 0.2) is 0 Å². The Kier molecular flexibility index (Phi) is 8.11. The van der Waals surface area contributed by atoms with Gasteiger partial charge in [0.25, 0.3) is 0 Å². The van der Waals surface area contributed by atoms with Crippen LogP contribution < -0.4 is 0 Å². The van der Waals surface area contributed by atoms with E-state index in [2.05, 4.69) is 0 Å². The van der Waals surface area contributed by atoms with Gasteiger partial charge in [0, 0.05) is 6.42 Å². The van der Waals surface area contributed by atoms with Crippen molar-refractivity contribution in [3.63, 3.8) is 0 Å². The Balaban J connectivity index is 4.33. The van der Waals surface area contributed by atoms with Crippen molar-refractivity contribution < 1.29 is 23.9 Å². The second kappa shape index (κ2) is 8.72. The molecule has 20 heavy (non-hydrogen) atoms. The first-order valence-corrected chi connectivity index (χ1v) is 7.00. The molecule has 0 aromatic rings. The quantitative estimate of drug-likeness (QED) is 0.370. The number of hydrogen-bond acceptors (Lipinski definition) is 5. The Morgan fingerprint density at radius 1 is 1.05 bits per heavy atom. The minimum atomic E-state index is -1.29. The smallest absolute Gasteiger partial charge is 0.319 e. The Bertz CT molecular complexity index is 335. The molecular formula is C15H26O5. The number of carbonyl (C=O) groups excluding carboxylic acids is 3. The van der Waals surface area contributed by atoms with Gasteiger partial charge >= 0.3 is 11.9 Å². The van der Waals surface area contributed by atoms with Crippen LogP contribution in [0.4, 0.5) is 0 Å². The van der Waals surface area contributed by atoms with Crippen molar-refractivity contribution in [3.8, 4) is 0 Å². The van der Waals surface area contributed by atoms with Crippen LogP contribution in [0.3, 0.4) is 0 Å². The van der Waals surface area contributed by atoms with Crippen LogP contribution in [0.5, 0.6) is 0 Å². The van der Waals surface area contributed by atoms with E-state index in [1.807, 2.05) is 27.7 Å². The third-order valence-electron chi connectivity index (χ3n) is 2.70. The molecule has 0 rings (SSSR count). The number of aldehydes is 1. The highest BCUT2D eigenvalue weighted by molar-refractivity contribution is 5.93. The largest absolute Gasteiger partial charge is 0.465 e. The molecular weight excluding hydrogens is 260 g/mol. The molecule has 1 unspecified atom stereocenters. The first-order chi connectivity index (χ1) is 9.21. The number of hydrogen-bond donors (Lipinski definition) is 0. The van der Waals surface area contributed by atoms with Gasteiger partial charge in [0.05, 0.1) is 13.2 Å². The first-order valence-electron chi connectivity index (χ1n) is 7.00. The molecule has 5 heteroatoms. The Labute approximate surface area is 121 Å². The summed E-state index contributed by atoms with van der Waals surface area (Å²) in [4.78, 5) is 34.5. The standard InChI is InChI=1S/C15H26O5/c1-11(2)8-19-13(17)6-7-15(5,10-16)14(18)20-9-12(3)4/h10-12H,6-9H2,1-5H3. The van der Waals surface area contributed by atoms with Gasteiger partial charge in [-0.2, -0.15) is 0 Å². The molecule has 0 aromatic heterocycles. The highest BCUT2D eigenvalue weighted by Gasteiger charge is 2.35. The minimum Gasteiger partial charge on any atom is -0.465 e. The number of carbonyl (C=O) groups is 3. The van der Waals surface area contributed by atoms with Crippen LogP contribution in [0, 0.1) is 17.3 Å². The molecule has 116 valence electrons. The van der Waals surface area contributed by atoms with Crippen molar-refractivity contribution in [2.75, 3.05) is 13.2 Å². The van der Waals surface area contributed by atoms with E-state index in [0.29, 0.717) is 12.9 Å². The van der Waals surface area contributed by atoms with Crippen molar-refractivity contribution in [2.45, 2.75) is 47.5 Å². The molecule has 0 aromatic carbocycles. The van der Waals surface area contributed by atoms with Gasteiger partial charge in [-0.15, -0.1) is 0 Å². The monoisotopic (exact) mass is 286 g/mol. The summed E-state index contributed by atoms with van der Waals surface area (Å²) in [6.07, 6.45) is 0.675. The average Bonchev–Trinajstić information content (AvgIpc) is 2.39. The van der Waals surface area contributed by atoms with Crippen molar-refractivity contribution in [3.05, 3.63) is 0 Å². The molecule has 5 nitrogen and oxygen atoms in total. The van der Waals surface area contributed by atoms with Crippen molar-refractivity contribution in [1.29, 1.82) is 0 Å². The highest BCUT2D eigenvalue weighted by Crippen LogP contribution is 2.23. The van der Waals surface area contributed by atoms with Crippen LogP contribution in [0.15, 0.2) is 0 Å². The zero-order valence-corrected chi connectivity index (χ0v) is 13.1. The van der Waals surface area contributed by atoms with E-state index in [4.69, 9.17) is 9.47 Å². The van der Waals surface area contributed by atoms with Crippen LogP contribution in [0.25, 0.3) is 0 Å². The summed E-state index contributed by atoms with van der Waals surface area (Å²) in [6.45, 7) is 9.79. The average molecular weight is 286 g/mol. The van der Waals surface area contributed by atoms with E-state index in [1.165, 1.54) is 6.92 Å². The molecule has 0 fully saturated rings. The maximum Gasteiger partial charge on any atom is 0.319 e. The zero-order valence-electron chi connectivity index (χ0n) is 13.1. The fourth-order valence-electron chi connectivity index (χ4n) is 1.31. The summed E-state index contributed by atoms with van der Waals surface area (Å²) in [7, 11) is 0. The van der Waals surface area contributed by atoms with Crippen LogP contribution in [0.2, 0.25) is 0 Å². The lowest BCUT2D eigenvalue weighted by atomic mass is 9.87. The molecule has 0 saturated heterocycles. The molecule has 0 N–H and O–H groups in total. The zero-order chi connectivity index (χ0) is 15.8. The van der Waals surface area contributed by atoms with E-state index >= 15 is 0 Å². The lowest BCUT2D eigenvalue weighted by molar-refractivity contribution is -0.158. The number of rotatable bonds is 9. The highest BCUT2D eigenvalue weighted by atomic mass is 16.5. The molecule has 0 radical (unpaired) electrons. The van der Waals surface area contributed by atoms with Crippen LogP contribution in [-0.2, 0) is 23.9 Å². The molecule has 0 aliphatic rings. The fraction of sp³-hybridized carbons (Fsp3) is 0.800. The second-order valence-electron chi connectivity index (χ2n) is 6.10. The van der Waals surface area contributed by atoms with E-state index in [-0.39, 0.29) is 31.3 Å². The Morgan fingerprint density at radius 3 is 2.00 bits per heavy atom. The van der Waals surface area contributed by atoms with Crippen LogP contribution in [0.1, 0.15) is 47.5 Å². The molecule has 0 aliphatic carbocycles. The normalized spacial score (nSPS) is 13.9. The van der Waals surface area contributed by atoms with E-state index in [0.717, 1.165) is 0 Å². The predicted molar refractivity (Wildman–Crippen MR) is 75.0 cm³/mol. The predicted octanol–water partition coefficient (Wildman–Crippen LogP) is 2.37. The summed E-state index contributed by atoms with van der Waals surface area (Å²) in [6, 6.07) is 0. The first kappa shape index (κ1) is 18.6. The molecule has 0 aliphatic heterocycles. The fourth-order valence-corrected chi connectivity index (χ4v) is 1.31. The topological polar surface area (TPSA) is 69.7 Å². The van der Waals surface area contributed by atoms with Crippen LogP contribution >= 0.6 is 0 Å². The number of ether oxygens (including phenoxy) is 2. The molecule has 0 saturated carbocycles. The third kappa shape index (κ3) is 7.26. The number of esters is 2. The summed E-state index contributed by atoms with van der Waals surface area (Å²) < 4.78 is 10.1. The van der Waals surface area contributed by atoms with Gasteiger partial charge in [-0.05, 0) is 25.2 Å². The summed E-state index contributed by atoms with van der Waals surface area (Å²) >= 11 is 0. The van der Waals surface area contributed by atoms with Gasteiger partial charge in [-0.1, -0.05) is 27.7 Å². The van der Waals surface area contributed by atoms with E-state index in [9.17, 15) is 14.4 Å². The molecule has 0 bridgehead atoms. The Morgan fingerprint density at radius 2 is 1.55 bits per heavy atom. The van der Waals surface area contributed by atoms with Gasteiger partial charge in [-0.25, -0.2) is 0 Å². The van der Waals surface area contributed by atoms with Crippen molar-refractivity contribution in [1.82, 2.24) is 0 Å². The third-order valence-corrected chi connectivity index (χ3v) is 2.70. The lowest BCUT2D eigenvalue weighted by Crippen LogP contribution is -2.33. The van der Waals surface area contributed by atoms with Gasteiger partial charge in [0.2, 0.25) is 0 Å². The SMILES string of the molecule is CC(C)COC(=O)CCC(C)(C=O)C(=O)OCC(C)C. The van der Waals surface area contributed by atoms with Crippen LogP contribution in [-0.4, -0.2) is 31.4 Å². The van der Waals surface area contributed by atoms with Gasteiger partial charge in [0.1, 0.15) is 11.7 Å². The second-order valence-corrected chi connectivity index (χ2v) is 6.10. The Hall–Kier alpha value is -1.39.